The Morgan fingerprint density at radius 2 is 1.76 bits per heavy atom. The number of imidazole rings is 1. The summed E-state index contributed by atoms with van der Waals surface area (Å²) in [6.45, 7) is 5.02. The lowest BCUT2D eigenvalue weighted by molar-refractivity contribution is -0.215. The number of amides is 2. The molecule has 3 N–H and O–H groups in total. The van der Waals surface area contributed by atoms with Crippen LogP contribution >= 0.6 is 0 Å². The molecule has 15 heteroatoms. The number of carbonyl (C=O) groups excluding carboxylic acids is 2. The van der Waals surface area contributed by atoms with E-state index in [4.69, 9.17) is 0 Å². The summed E-state index contributed by atoms with van der Waals surface area (Å²) in [4.78, 5) is 31.9. The third-order valence-corrected chi connectivity index (χ3v) is 6.02. The predicted molar refractivity (Wildman–Crippen MR) is 122 cm³/mol. The fourth-order valence-electron chi connectivity index (χ4n) is 3.64. The van der Waals surface area contributed by atoms with Crippen molar-refractivity contribution in [2.45, 2.75) is 71.4 Å². The van der Waals surface area contributed by atoms with Crippen LogP contribution in [-0.4, -0.2) is 44.4 Å². The number of carbonyl (C=O) groups is 2. The lowest BCUT2D eigenvalue weighted by Crippen LogP contribution is -2.39. The van der Waals surface area contributed by atoms with Crippen LogP contribution in [0.3, 0.4) is 0 Å². The monoisotopic (exact) mass is 548 g/mol. The van der Waals surface area contributed by atoms with Gasteiger partial charge in [-0.05, 0) is 43.1 Å². The second-order valence-corrected chi connectivity index (χ2v) is 9.61. The average Bonchev–Trinajstić information content (AvgIpc) is 3.41. The Hall–Kier alpha value is -3.65. The van der Waals surface area contributed by atoms with Crippen molar-refractivity contribution < 1.29 is 40.6 Å². The van der Waals surface area contributed by atoms with Gasteiger partial charge in [-0.1, -0.05) is 25.1 Å². The molecule has 2 aromatic heterocycles. The Kier molecular flexibility index (Phi) is 8.07. The van der Waals surface area contributed by atoms with Crippen LogP contribution in [0.5, 0.6) is 0 Å². The number of aromatic nitrogens is 4. The Morgan fingerprint density at radius 3 is 2.34 bits per heavy atom. The van der Waals surface area contributed by atoms with Crippen molar-refractivity contribution in [3.05, 3.63) is 41.0 Å². The molecule has 0 aliphatic carbocycles. The summed E-state index contributed by atoms with van der Waals surface area (Å²) in [5.41, 5.74) is -0.972. The molecule has 208 valence electrons. The highest BCUT2D eigenvalue weighted by Crippen LogP contribution is 2.43. The minimum atomic E-state index is -4.58. The molecule has 0 spiro atoms. The molecule has 0 aliphatic heterocycles. The van der Waals surface area contributed by atoms with Gasteiger partial charge in [0.1, 0.15) is 11.5 Å². The topological polar surface area (TPSA) is 126 Å². The summed E-state index contributed by atoms with van der Waals surface area (Å²) < 4.78 is 82.7. The molecule has 2 amide bonds. The van der Waals surface area contributed by atoms with Crippen LogP contribution < -0.4 is 10.6 Å². The number of nitrogens with one attached hydrogen (secondary N) is 3. The summed E-state index contributed by atoms with van der Waals surface area (Å²) in [7, 11) is 0. The van der Waals surface area contributed by atoms with E-state index < -0.39 is 60.9 Å². The molecule has 3 rings (SSSR count). The summed E-state index contributed by atoms with van der Waals surface area (Å²) >= 11 is 0. The molecule has 2 heterocycles. The third-order valence-electron chi connectivity index (χ3n) is 6.02. The molecule has 0 saturated heterocycles. The highest BCUT2D eigenvalue weighted by Gasteiger charge is 2.49. The Labute approximate surface area is 212 Å². The molecule has 38 heavy (non-hydrogen) atoms. The first kappa shape index (κ1) is 28.9. The first-order valence-electron chi connectivity index (χ1n) is 11.5. The third kappa shape index (κ3) is 7.01. The van der Waals surface area contributed by atoms with E-state index in [1.165, 1.54) is 6.92 Å². The maximum absolute atomic E-state index is 13.7. The van der Waals surface area contributed by atoms with Gasteiger partial charge in [-0.2, -0.15) is 26.3 Å². The zero-order chi connectivity index (χ0) is 28.5. The zero-order valence-electron chi connectivity index (χ0n) is 20.8. The van der Waals surface area contributed by atoms with Crippen LogP contribution in [0, 0.1) is 12.3 Å². The second kappa shape index (κ2) is 10.6. The highest BCUT2D eigenvalue weighted by atomic mass is 19.4. The minimum Gasteiger partial charge on any atom is -0.350 e. The second-order valence-electron chi connectivity index (χ2n) is 9.61. The van der Waals surface area contributed by atoms with Gasteiger partial charge < -0.3 is 15.6 Å². The maximum atomic E-state index is 13.7. The summed E-state index contributed by atoms with van der Waals surface area (Å²) in [5.74, 6) is -1.54. The summed E-state index contributed by atoms with van der Waals surface area (Å²) in [6, 6.07) is 2.82. The normalized spacial score (nSPS) is 14.4. The number of aromatic amines is 1. The van der Waals surface area contributed by atoms with E-state index >= 15 is 0 Å². The number of halogens is 6. The van der Waals surface area contributed by atoms with E-state index in [0.717, 1.165) is 13.8 Å². The van der Waals surface area contributed by atoms with Crippen LogP contribution in [-0.2, 0) is 4.79 Å². The van der Waals surface area contributed by atoms with Gasteiger partial charge in [0, 0.05) is 6.42 Å². The summed E-state index contributed by atoms with van der Waals surface area (Å²) in [5, 5.41) is 12.0. The van der Waals surface area contributed by atoms with Crippen molar-refractivity contribution in [1.29, 1.82) is 0 Å². The fourth-order valence-corrected chi connectivity index (χ4v) is 3.64. The van der Waals surface area contributed by atoms with E-state index in [0.29, 0.717) is 16.6 Å². The van der Waals surface area contributed by atoms with Crippen LogP contribution in [0.4, 0.5) is 26.3 Å². The van der Waals surface area contributed by atoms with Gasteiger partial charge >= 0.3 is 12.4 Å². The number of rotatable bonds is 9. The van der Waals surface area contributed by atoms with Gasteiger partial charge in [0.05, 0.1) is 35.0 Å². The van der Waals surface area contributed by atoms with E-state index in [1.54, 1.807) is 25.1 Å². The Balaban J connectivity index is 1.86. The van der Waals surface area contributed by atoms with Gasteiger partial charge in [0.15, 0.2) is 5.69 Å². The molecule has 0 unspecified atom stereocenters. The molecule has 0 fully saturated rings. The number of alkyl halides is 6. The minimum absolute atomic E-state index is 0.0406. The largest absolute Gasteiger partial charge is 0.394 e. The molecule has 0 bridgehead atoms. The van der Waals surface area contributed by atoms with Gasteiger partial charge in [-0.15, -0.1) is 0 Å². The van der Waals surface area contributed by atoms with E-state index in [-0.39, 0.29) is 17.2 Å². The Morgan fingerprint density at radius 1 is 1.08 bits per heavy atom. The van der Waals surface area contributed by atoms with Crippen LogP contribution in [0.25, 0.3) is 11.0 Å². The van der Waals surface area contributed by atoms with Crippen molar-refractivity contribution in [3.63, 3.8) is 0 Å². The number of hydrogen-bond donors (Lipinski definition) is 3. The Bertz CT molecular complexity index is 1300. The van der Waals surface area contributed by atoms with Gasteiger partial charge in [0.2, 0.25) is 5.91 Å². The molecule has 0 aliphatic rings. The van der Waals surface area contributed by atoms with Crippen LogP contribution in [0.15, 0.2) is 22.8 Å². The average molecular weight is 548 g/mol. The quantitative estimate of drug-likeness (QED) is 0.315. The van der Waals surface area contributed by atoms with Gasteiger partial charge in [-0.25, -0.2) is 9.61 Å². The number of benzene rings is 1. The molecule has 2 atom stereocenters. The maximum Gasteiger partial charge on any atom is 0.394 e. The predicted octanol–water partition coefficient (Wildman–Crippen LogP) is 5.22. The van der Waals surface area contributed by atoms with Crippen LogP contribution in [0.1, 0.15) is 79.7 Å². The summed E-state index contributed by atoms with van der Waals surface area (Å²) in [6.07, 6.45) is -11.6. The molecule has 1 aromatic carbocycles. The van der Waals surface area contributed by atoms with E-state index in [9.17, 15) is 35.9 Å². The number of aryl methyl sites for hydroxylation is 1. The van der Waals surface area contributed by atoms with Gasteiger partial charge in [0.25, 0.3) is 5.91 Å². The molecule has 3 aromatic rings. The highest BCUT2D eigenvalue weighted by molar-refractivity contribution is 5.93. The lowest BCUT2D eigenvalue weighted by atomic mass is 9.84. The van der Waals surface area contributed by atoms with Gasteiger partial charge in [-0.3, -0.25) is 9.59 Å². The number of H-pyrrole nitrogens is 1. The van der Waals surface area contributed by atoms with Crippen molar-refractivity contribution in [2.24, 2.45) is 5.41 Å². The zero-order valence-corrected chi connectivity index (χ0v) is 20.8. The number of fused-ring (bicyclic) bond motifs is 1. The molecule has 0 saturated carbocycles. The smallest absolute Gasteiger partial charge is 0.350 e. The van der Waals surface area contributed by atoms with Crippen LogP contribution in [0.2, 0.25) is 0 Å². The lowest BCUT2D eigenvalue weighted by Gasteiger charge is -2.31. The van der Waals surface area contributed by atoms with Crippen molar-refractivity contribution in [1.82, 2.24) is 30.9 Å². The molecular weight excluding hydrogens is 522 g/mol. The number of hydrogen-bond acceptors (Lipinski definition) is 6. The first-order chi connectivity index (χ1) is 17.5. The van der Waals surface area contributed by atoms with E-state index in [1.807, 2.05) is 0 Å². The van der Waals surface area contributed by atoms with Crippen molar-refractivity contribution >= 4 is 22.8 Å². The fraction of sp³-hybridized carbons (Fsp3) is 0.522. The number of nitrogens with zero attached hydrogens (tertiary/aromatic N) is 3. The van der Waals surface area contributed by atoms with Crippen molar-refractivity contribution in [2.75, 3.05) is 0 Å². The molecule has 0 radical (unpaired) electrons. The van der Waals surface area contributed by atoms with Crippen molar-refractivity contribution in [3.8, 4) is 0 Å². The standard InChI is InChI=1S/C23H26F6N6O3/c1-11(30-17(36)7-8-22(24,25)26)13-5-6-14-15(9-13)32-19(31-14)16(10-21(3,4)23(27,28)29)33-20(37)18-12(2)34-38-35-18/h5-6,9,11,16H,7-8,10H2,1-4H3,(H,30,36)(H,31,32)(H,33,37)/t11-,16+/m1/s1. The first-order valence-corrected chi connectivity index (χ1v) is 11.5. The van der Waals surface area contributed by atoms with E-state index in [2.05, 4.69) is 35.5 Å². The molecule has 9 nitrogen and oxygen atoms in total. The SMILES string of the molecule is Cc1nonc1C(=O)N[C@@H](CC(C)(C)C(F)(F)F)c1nc2ccc([C@@H](C)NC(=O)CCC(F)(F)F)cc2[nH]1. The molecular formula is C23H26F6N6O3.